The number of hydrogen-bond acceptors (Lipinski definition) is 3. The molecule has 51 heavy (non-hydrogen) atoms. The Morgan fingerprint density at radius 1 is 0.569 bits per heavy atom. The van der Waals surface area contributed by atoms with E-state index in [-0.39, 0.29) is 26.6 Å². The topological polar surface area (TPSA) is 43.6 Å². The molecule has 5 aromatic carbocycles. The van der Waals surface area contributed by atoms with E-state index in [0.717, 1.165) is 40.3 Å². The van der Waals surface area contributed by atoms with Crippen LogP contribution in [0.2, 0.25) is 0 Å². The van der Waals surface area contributed by atoms with E-state index in [1.54, 1.807) is 6.07 Å². The number of para-hydroxylation sites is 1. The molecule has 8 aromatic rings. The van der Waals surface area contributed by atoms with Gasteiger partial charge in [-0.1, -0.05) is 151 Å². The van der Waals surface area contributed by atoms with Crippen LogP contribution in [-0.2, 0) is 26.5 Å². The Morgan fingerprint density at radius 3 is 1.69 bits per heavy atom. The SMILES string of the molecule is Fc1c[c-]c(-c2cccc(C(c3ccccc3)(c3ccccc3)c3cccc(-c4[c-]nc(-c5ccccc5)n4-c4ccccc4)n3)n2)c(F)c1.[Pt+2]. The Kier molecular flexibility index (Phi) is 9.61. The maximum absolute atomic E-state index is 15.1. The van der Waals surface area contributed by atoms with E-state index in [2.05, 4.69) is 16.8 Å². The molecule has 248 valence electrons. The molecule has 3 aromatic heterocycles. The van der Waals surface area contributed by atoms with Crippen molar-refractivity contribution in [2.45, 2.75) is 5.41 Å². The summed E-state index contributed by atoms with van der Waals surface area (Å²) < 4.78 is 31.1. The normalized spacial score (nSPS) is 11.2. The molecule has 0 amide bonds. The molecular weight excluding hydrogens is 818 g/mol. The van der Waals surface area contributed by atoms with Crippen molar-refractivity contribution in [3.8, 4) is 39.7 Å². The van der Waals surface area contributed by atoms with Gasteiger partial charge in [-0.05, 0) is 58.0 Å². The van der Waals surface area contributed by atoms with Gasteiger partial charge in [0.15, 0.2) is 0 Å². The minimum absolute atomic E-state index is 0. The summed E-state index contributed by atoms with van der Waals surface area (Å²) in [6.07, 6.45) is 3.29. The number of rotatable bonds is 8. The first-order valence-corrected chi connectivity index (χ1v) is 16.2. The van der Waals surface area contributed by atoms with Crippen LogP contribution in [0.25, 0.3) is 39.7 Å². The fraction of sp³-hybridized carbons (Fsp3) is 0.0227. The molecule has 3 heterocycles. The standard InChI is InChI=1S/C44H28F2N4.Pt/c45-34-27-28-36(37(46)29-34)38-23-13-25-41(48-38)44(32-17-7-2-8-18-32,33-19-9-3-10-20-33)42-26-14-24-39(49-42)40-30-47-43(31-15-5-1-6-16-31)50(40)35-21-11-4-12-22-35;/h1-27,29H;/q-2;+2. The Hall–Kier alpha value is -5.84. The third-order valence-electron chi connectivity index (χ3n) is 8.79. The maximum atomic E-state index is 15.1. The van der Waals surface area contributed by atoms with Crippen LogP contribution in [0.3, 0.4) is 0 Å². The van der Waals surface area contributed by atoms with Gasteiger partial charge in [-0.2, -0.15) is 0 Å². The number of benzene rings is 5. The summed E-state index contributed by atoms with van der Waals surface area (Å²) in [6, 6.07) is 56.2. The molecule has 4 nitrogen and oxygen atoms in total. The van der Waals surface area contributed by atoms with Gasteiger partial charge < -0.3 is 14.5 Å². The predicted octanol–water partition coefficient (Wildman–Crippen LogP) is 9.92. The van der Waals surface area contributed by atoms with Crippen molar-refractivity contribution >= 4 is 0 Å². The van der Waals surface area contributed by atoms with Gasteiger partial charge >= 0.3 is 21.1 Å². The van der Waals surface area contributed by atoms with E-state index in [0.29, 0.717) is 28.5 Å². The summed E-state index contributed by atoms with van der Waals surface area (Å²) in [5, 5.41) is 0. The van der Waals surface area contributed by atoms with Gasteiger partial charge in [0, 0.05) is 28.8 Å². The average molecular weight is 846 g/mol. The third kappa shape index (κ3) is 6.24. The molecule has 0 N–H and O–H groups in total. The third-order valence-corrected chi connectivity index (χ3v) is 8.79. The van der Waals surface area contributed by atoms with Crippen LogP contribution in [0.1, 0.15) is 22.5 Å². The molecule has 0 aliphatic heterocycles. The van der Waals surface area contributed by atoms with Gasteiger partial charge in [0.05, 0.1) is 5.69 Å². The fourth-order valence-corrected chi connectivity index (χ4v) is 6.56. The minimum Gasteiger partial charge on any atom is -0.367 e. The smallest absolute Gasteiger partial charge is 0.367 e. The summed E-state index contributed by atoms with van der Waals surface area (Å²) in [7, 11) is 0. The first-order chi connectivity index (χ1) is 24.6. The number of nitrogens with zero attached hydrogens (tertiary/aromatic N) is 4. The van der Waals surface area contributed by atoms with Crippen LogP contribution >= 0.6 is 0 Å². The summed E-state index contributed by atoms with van der Waals surface area (Å²) >= 11 is 0. The molecule has 0 radical (unpaired) electrons. The maximum Gasteiger partial charge on any atom is 2.00 e. The Balaban J connectivity index is 0.00000406. The van der Waals surface area contributed by atoms with E-state index >= 15 is 4.39 Å². The number of pyridine rings is 2. The van der Waals surface area contributed by atoms with Crippen LogP contribution in [0.4, 0.5) is 8.78 Å². The predicted molar refractivity (Wildman–Crippen MR) is 191 cm³/mol. The van der Waals surface area contributed by atoms with Crippen molar-refractivity contribution in [1.82, 2.24) is 19.5 Å². The van der Waals surface area contributed by atoms with Gasteiger partial charge in [-0.25, -0.2) is 0 Å². The summed E-state index contributed by atoms with van der Waals surface area (Å²) in [5.41, 5.74) is 5.71. The van der Waals surface area contributed by atoms with Crippen molar-refractivity contribution in [2.75, 3.05) is 0 Å². The van der Waals surface area contributed by atoms with Gasteiger partial charge in [-0.15, -0.1) is 12.1 Å². The number of halogens is 2. The molecule has 0 atom stereocenters. The molecule has 0 fully saturated rings. The molecule has 0 saturated carbocycles. The van der Waals surface area contributed by atoms with Gasteiger partial charge in [-0.3, -0.25) is 13.8 Å². The second-order valence-electron chi connectivity index (χ2n) is 11.8. The minimum atomic E-state index is -1.05. The summed E-state index contributed by atoms with van der Waals surface area (Å²) in [5.74, 6) is -0.699. The molecular formula is C44H28F2N4Pt. The molecule has 0 bridgehead atoms. The van der Waals surface area contributed by atoms with E-state index in [4.69, 9.17) is 15.0 Å². The Labute approximate surface area is 309 Å². The van der Waals surface area contributed by atoms with Crippen LogP contribution < -0.4 is 0 Å². The number of imidazole rings is 1. The second-order valence-corrected chi connectivity index (χ2v) is 11.8. The van der Waals surface area contributed by atoms with E-state index in [1.807, 2.05) is 152 Å². The molecule has 0 saturated heterocycles. The van der Waals surface area contributed by atoms with E-state index < -0.39 is 17.0 Å². The molecule has 0 aliphatic rings. The quantitative estimate of drug-likeness (QED) is 0.143. The van der Waals surface area contributed by atoms with Crippen LogP contribution in [-0.4, -0.2) is 19.5 Å². The first kappa shape index (κ1) is 33.6. The van der Waals surface area contributed by atoms with Gasteiger partial charge in [0.2, 0.25) is 0 Å². The summed E-state index contributed by atoms with van der Waals surface area (Å²) in [6.45, 7) is 0. The first-order valence-electron chi connectivity index (χ1n) is 16.2. The fourth-order valence-electron chi connectivity index (χ4n) is 6.56. The van der Waals surface area contributed by atoms with Crippen molar-refractivity contribution in [3.63, 3.8) is 0 Å². The van der Waals surface area contributed by atoms with Crippen LogP contribution in [0, 0.1) is 23.9 Å². The number of aromatic nitrogens is 4. The van der Waals surface area contributed by atoms with Crippen molar-refractivity contribution in [1.29, 1.82) is 0 Å². The average Bonchev–Trinajstić information content (AvgIpc) is 3.63. The zero-order chi connectivity index (χ0) is 33.9. The monoisotopic (exact) mass is 845 g/mol. The van der Waals surface area contributed by atoms with Crippen LogP contribution in [0.5, 0.6) is 0 Å². The second kappa shape index (κ2) is 14.6. The summed E-state index contributed by atoms with van der Waals surface area (Å²) in [4.78, 5) is 15.3. The van der Waals surface area contributed by atoms with Crippen LogP contribution in [0.15, 0.2) is 170 Å². The Bertz CT molecular complexity index is 2360. The Morgan fingerprint density at radius 2 is 1.10 bits per heavy atom. The zero-order valence-corrected chi connectivity index (χ0v) is 29.3. The molecule has 0 aliphatic carbocycles. The van der Waals surface area contributed by atoms with Crippen molar-refractivity contribution in [3.05, 3.63) is 216 Å². The van der Waals surface area contributed by atoms with Gasteiger partial charge in [0.25, 0.3) is 0 Å². The van der Waals surface area contributed by atoms with Gasteiger partial charge in [0.1, 0.15) is 5.41 Å². The van der Waals surface area contributed by atoms with E-state index in [9.17, 15) is 4.39 Å². The molecule has 8 rings (SSSR count). The van der Waals surface area contributed by atoms with E-state index in [1.165, 1.54) is 0 Å². The zero-order valence-electron chi connectivity index (χ0n) is 27.0. The number of hydrogen-bond donors (Lipinski definition) is 0. The molecule has 0 unspecified atom stereocenters. The largest absolute Gasteiger partial charge is 2.00 e. The van der Waals surface area contributed by atoms with Crippen molar-refractivity contribution < 1.29 is 29.8 Å². The molecule has 0 spiro atoms. The van der Waals surface area contributed by atoms with Crippen molar-refractivity contribution in [2.24, 2.45) is 0 Å². The molecule has 7 heteroatoms.